The van der Waals surface area contributed by atoms with Gasteiger partial charge >= 0.3 is 5.97 Å². The molecule has 1 atom stereocenters. The van der Waals surface area contributed by atoms with Gasteiger partial charge in [-0.25, -0.2) is 0 Å². The number of anilines is 2. The fraction of sp³-hybridized carbons (Fsp3) is 0.286. The van der Waals surface area contributed by atoms with E-state index >= 15 is 0 Å². The molecule has 0 bridgehead atoms. The summed E-state index contributed by atoms with van der Waals surface area (Å²) in [5.74, 6) is -1.99. The lowest BCUT2D eigenvalue weighted by atomic mass is 10.1. The van der Waals surface area contributed by atoms with Crippen molar-refractivity contribution in [3.8, 4) is 0 Å². The van der Waals surface area contributed by atoms with Crippen LogP contribution in [0.15, 0.2) is 48.5 Å². The number of nitrogens with zero attached hydrogens (tertiary/aromatic N) is 2. The molecule has 0 aromatic heterocycles. The number of ether oxygens (including phenoxy) is 1. The Morgan fingerprint density at radius 2 is 1.90 bits per heavy atom. The number of nitrogens with one attached hydrogen (secondary N) is 1. The number of carbonyl (C=O) groups is 3. The monoisotopic (exact) mass is 411 g/mol. The van der Waals surface area contributed by atoms with Gasteiger partial charge in [0.1, 0.15) is 0 Å². The maximum Gasteiger partial charge on any atom is 0.311 e. The zero-order valence-electron chi connectivity index (χ0n) is 16.4. The SMILES string of the molecule is CCc1ccccc1N1C[C@H](C(=O)OCC(=O)Nc2ccc([N+](=O)[O-])cc2)CC1=O. The van der Waals surface area contributed by atoms with Crippen LogP contribution in [0.1, 0.15) is 18.9 Å². The smallest absolute Gasteiger partial charge is 0.311 e. The number of amides is 2. The molecule has 0 saturated carbocycles. The molecule has 9 nitrogen and oxygen atoms in total. The molecule has 2 aromatic rings. The van der Waals surface area contributed by atoms with Gasteiger partial charge in [0.25, 0.3) is 11.6 Å². The van der Waals surface area contributed by atoms with Crippen LogP contribution in [0.25, 0.3) is 0 Å². The van der Waals surface area contributed by atoms with Crippen molar-refractivity contribution >= 4 is 34.8 Å². The minimum Gasteiger partial charge on any atom is -0.455 e. The van der Waals surface area contributed by atoms with Gasteiger partial charge in [-0.15, -0.1) is 0 Å². The van der Waals surface area contributed by atoms with Crippen molar-refractivity contribution in [1.29, 1.82) is 0 Å². The van der Waals surface area contributed by atoms with E-state index in [1.54, 1.807) is 4.90 Å². The molecule has 1 aliphatic rings. The minimum absolute atomic E-state index is 0.0286. The van der Waals surface area contributed by atoms with Crippen LogP contribution < -0.4 is 10.2 Å². The Bertz CT molecular complexity index is 973. The van der Waals surface area contributed by atoms with Crippen LogP contribution in [0.2, 0.25) is 0 Å². The van der Waals surface area contributed by atoms with E-state index < -0.39 is 29.3 Å². The normalized spacial score (nSPS) is 15.7. The fourth-order valence-corrected chi connectivity index (χ4v) is 3.29. The quantitative estimate of drug-likeness (QED) is 0.425. The van der Waals surface area contributed by atoms with Crippen molar-refractivity contribution in [2.75, 3.05) is 23.4 Å². The fourth-order valence-electron chi connectivity index (χ4n) is 3.29. The number of non-ortho nitro benzene ring substituents is 1. The predicted octanol–water partition coefficient (Wildman–Crippen LogP) is 2.69. The predicted molar refractivity (Wildman–Crippen MR) is 109 cm³/mol. The summed E-state index contributed by atoms with van der Waals surface area (Å²) in [6.07, 6.45) is 0.790. The number of hydrogen-bond acceptors (Lipinski definition) is 6. The Kier molecular flexibility index (Phi) is 6.41. The Morgan fingerprint density at radius 3 is 2.57 bits per heavy atom. The molecule has 2 amide bonds. The zero-order valence-corrected chi connectivity index (χ0v) is 16.4. The molecule has 156 valence electrons. The van der Waals surface area contributed by atoms with Gasteiger partial charge in [-0.3, -0.25) is 24.5 Å². The van der Waals surface area contributed by atoms with E-state index in [4.69, 9.17) is 4.74 Å². The molecule has 0 radical (unpaired) electrons. The highest BCUT2D eigenvalue weighted by molar-refractivity contribution is 6.00. The molecule has 2 aromatic carbocycles. The summed E-state index contributed by atoms with van der Waals surface area (Å²) in [7, 11) is 0. The molecule has 1 fully saturated rings. The van der Waals surface area contributed by atoms with Gasteiger partial charge in [0, 0.05) is 36.5 Å². The molecule has 30 heavy (non-hydrogen) atoms. The lowest BCUT2D eigenvalue weighted by molar-refractivity contribution is -0.384. The first-order valence-electron chi connectivity index (χ1n) is 9.48. The van der Waals surface area contributed by atoms with Crippen molar-refractivity contribution in [2.45, 2.75) is 19.8 Å². The first-order valence-corrected chi connectivity index (χ1v) is 9.48. The summed E-state index contributed by atoms with van der Waals surface area (Å²) < 4.78 is 5.07. The van der Waals surface area contributed by atoms with Crippen molar-refractivity contribution in [3.05, 3.63) is 64.2 Å². The average Bonchev–Trinajstić information content (AvgIpc) is 3.14. The molecule has 0 unspecified atom stereocenters. The second-order valence-electron chi connectivity index (χ2n) is 6.85. The molecule has 0 spiro atoms. The Hall–Kier alpha value is -3.75. The van der Waals surface area contributed by atoms with E-state index in [0.717, 1.165) is 17.7 Å². The van der Waals surface area contributed by atoms with E-state index in [2.05, 4.69) is 5.32 Å². The molecule has 9 heteroatoms. The highest BCUT2D eigenvalue weighted by Crippen LogP contribution is 2.29. The van der Waals surface area contributed by atoms with Gasteiger partial charge in [-0.1, -0.05) is 25.1 Å². The molecule has 3 rings (SSSR count). The molecule has 1 heterocycles. The Morgan fingerprint density at radius 1 is 1.20 bits per heavy atom. The van der Waals surface area contributed by atoms with Crippen LogP contribution in [-0.2, 0) is 25.5 Å². The van der Waals surface area contributed by atoms with Gasteiger partial charge < -0.3 is 15.0 Å². The average molecular weight is 411 g/mol. The number of para-hydroxylation sites is 1. The van der Waals surface area contributed by atoms with E-state index in [9.17, 15) is 24.5 Å². The highest BCUT2D eigenvalue weighted by atomic mass is 16.6. The number of rotatable bonds is 7. The number of aryl methyl sites for hydroxylation is 1. The van der Waals surface area contributed by atoms with E-state index in [-0.39, 0.29) is 24.6 Å². The topological polar surface area (TPSA) is 119 Å². The van der Waals surface area contributed by atoms with E-state index in [1.807, 2.05) is 31.2 Å². The third kappa shape index (κ3) is 4.80. The third-order valence-electron chi connectivity index (χ3n) is 4.83. The number of carbonyl (C=O) groups excluding carboxylic acids is 3. The van der Waals surface area contributed by atoms with Gasteiger partial charge in [-0.2, -0.15) is 0 Å². The van der Waals surface area contributed by atoms with Gasteiger partial charge in [0.05, 0.1) is 10.8 Å². The van der Waals surface area contributed by atoms with Gasteiger partial charge in [0.2, 0.25) is 5.91 Å². The zero-order chi connectivity index (χ0) is 21.7. The third-order valence-corrected chi connectivity index (χ3v) is 4.83. The summed E-state index contributed by atoms with van der Waals surface area (Å²) in [5, 5.41) is 13.1. The van der Waals surface area contributed by atoms with E-state index in [1.165, 1.54) is 24.3 Å². The van der Waals surface area contributed by atoms with Crippen molar-refractivity contribution in [1.82, 2.24) is 0 Å². The maximum atomic E-state index is 12.4. The summed E-state index contributed by atoms with van der Waals surface area (Å²) in [6, 6.07) is 12.8. The summed E-state index contributed by atoms with van der Waals surface area (Å²) in [5.41, 5.74) is 2.05. The molecule has 1 saturated heterocycles. The van der Waals surface area contributed by atoms with Crippen LogP contribution in [0.3, 0.4) is 0 Å². The van der Waals surface area contributed by atoms with Crippen LogP contribution in [-0.4, -0.2) is 35.9 Å². The standard InChI is InChI=1S/C21H21N3O6/c1-2-14-5-3-4-6-18(14)23-12-15(11-20(23)26)21(27)30-13-19(25)22-16-7-9-17(10-8-16)24(28)29/h3-10,15H,2,11-13H2,1H3,(H,22,25)/t15-/m1/s1. The lowest BCUT2D eigenvalue weighted by Crippen LogP contribution is -2.28. The number of nitro groups is 1. The summed E-state index contributed by atoms with van der Waals surface area (Å²) >= 11 is 0. The Labute approximate surface area is 172 Å². The molecule has 0 aliphatic carbocycles. The first-order chi connectivity index (χ1) is 14.4. The first kappa shape index (κ1) is 21.0. The summed E-state index contributed by atoms with van der Waals surface area (Å²) in [4.78, 5) is 48.4. The van der Waals surface area contributed by atoms with Gasteiger partial charge in [0.15, 0.2) is 6.61 Å². The van der Waals surface area contributed by atoms with Gasteiger partial charge in [-0.05, 0) is 30.2 Å². The molecular formula is C21H21N3O6. The van der Waals surface area contributed by atoms with Crippen LogP contribution in [0, 0.1) is 16.0 Å². The highest BCUT2D eigenvalue weighted by Gasteiger charge is 2.37. The van der Waals surface area contributed by atoms with Crippen molar-refractivity contribution in [2.24, 2.45) is 5.92 Å². The summed E-state index contributed by atoms with van der Waals surface area (Å²) in [6.45, 7) is 1.69. The Balaban J connectivity index is 1.53. The second-order valence-corrected chi connectivity index (χ2v) is 6.85. The number of esters is 1. The second kappa shape index (κ2) is 9.17. The van der Waals surface area contributed by atoms with Crippen LogP contribution >= 0.6 is 0 Å². The maximum absolute atomic E-state index is 12.4. The van der Waals surface area contributed by atoms with E-state index in [0.29, 0.717) is 5.69 Å². The largest absolute Gasteiger partial charge is 0.455 e. The number of hydrogen-bond donors (Lipinski definition) is 1. The molecular weight excluding hydrogens is 390 g/mol. The number of benzene rings is 2. The van der Waals surface area contributed by atoms with Crippen LogP contribution in [0.5, 0.6) is 0 Å². The lowest BCUT2D eigenvalue weighted by Gasteiger charge is -2.19. The molecule has 1 N–H and O–H groups in total. The van der Waals surface area contributed by atoms with Crippen LogP contribution in [0.4, 0.5) is 17.1 Å². The van der Waals surface area contributed by atoms with Crippen molar-refractivity contribution in [3.63, 3.8) is 0 Å². The number of nitro benzene ring substituents is 1. The van der Waals surface area contributed by atoms with Crippen molar-refractivity contribution < 1.29 is 24.0 Å². The molecule has 1 aliphatic heterocycles. The minimum atomic E-state index is -0.644.